The first-order valence-electron chi connectivity index (χ1n) is 15.1. The molecular formula is C34H57NO3. The second-order valence-corrected chi connectivity index (χ2v) is 15.3. The summed E-state index contributed by atoms with van der Waals surface area (Å²) in [6.45, 7) is 23.3. The van der Waals surface area contributed by atoms with E-state index in [1.165, 1.54) is 19.3 Å². The summed E-state index contributed by atoms with van der Waals surface area (Å²) in [7, 11) is 1.82. The number of ketones is 2. The van der Waals surface area contributed by atoms with Crippen molar-refractivity contribution in [3.05, 3.63) is 11.6 Å². The SMILES string of the molecule is CCCC(C)(C)CC[C@@](C)(CCC(C)(C)[C@]1(C)CC[C@H]2[C@H](C)C(=O)C(C#N)=C[C@]2(C)[C@H]1CC(C)=O)COC. The van der Waals surface area contributed by atoms with Gasteiger partial charge in [-0.1, -0.05) is 74.8 Å². The van der Waals surface area contributed by atoms with E-state index in [0.29, 0.717) is 11.8 Å². The molecule has 0 bridgehead atoms. The summed E-state index contributed by atoms with van der Waals surface area (Å²) < 4.78 is 5.76. The van der Waals surface area contributed by atoms with Gasteiger partial charge in [0.05, 0.1) is 12.2 Å². The number of hydrogen-bond donors (Lipinski definition) is 0. The summed E-state index contributed by atoms with van der Waals surface area (Å²) in [4.78, 5) is 25.6. The molecule has 2 aliphatic carbocycles. The molecule has 0 unspecified atom stereocenters. The van der Waals surface area contributed by atoms with E-state index in [0.717, 1.165) is 38.7 Å². The van der Waals surface area contributed by atoms with Crippen molar-refractivity contribution in [1.82, 2.24) is 0 Å². The molecule has 0 radical (unpaired) electrons. The monoisotopic (exact) mass is 527 g/mol. The molecule has 2 rings (SSSR count). The largest absolute Gasteiger partial charge is 0.384 e. The Labute approximate surface area is 234 Å². The Balaban J connectivity index is 2.41. The molecule has 0 aliphatic heterocycles. The van der Waals surface area contributed by atoms with E-state index >= 15 is 0 Å². The van der Waals surface area contributed by atoms with Crippen LogP contribution in [0, 0.1) is 56.2 Å². The van der Waals surface area contributed by atoms with Crippen molar-refractivity contribution in [1.29, 1.82) is 5.26 Å². The number of nitrogens with zero attached hydrogens (tertiary/aromatic N) is 1. The van der Waals surface area contributed by atoms with E-state index in [1.54, 1.807) is 6.92 Å². The van der Waals surface area contributed by atoms with E-state index in [-0.39, 0.29) is 56.6 Å². The number of allylic oxidation sites excluding steroid dienone is 2. The van der Waals surface area contributed by atoms with E-state index in [9.17, 15) is 14.9 Å². The van der Waals surface area contributed by atoms with Gasteiger partial charge in [-0.2, -0.15) is 5.26 Å². The quantitative estimate of drug-likeness (QED) is 0.240. The molecule has 1 saturated carbocycles. The Morgan fingerprint density at radius 1 is 1.11 bits per heavy atom. The van der Waals surface area contributed by atoms with Crippen LogP contribution in [0.25, 0.3) is 0 Å². The summed E-state index contributed by atoms with van der Waals surface area (Å²) in [5.41, 5.74) is 0.245. The highest BCUT2D eigenvalue weighted by Gasteiger charge is 2.60. The zero-order chi connectivity index (χ0) is 29.2. The Morgan fingerprint density at radius 2 is 1.71 bits per heavy atom. The van der Waals surface area contributed by atoms with Crippen molar-refractivity contribution in [3.8, 4) is 6.07 Å². The maximum absolute atomic E-state index is 12.9. The highest BCUT2D eigenvalue weighted by molar-refractivity contribution is 6.01. The molecule has 216 valence electrons. The molecule has 4 heteroatoms. The summed E-state index contributed by atoms with van der Waals surface area (Å²) in [5.74, 6) is 0.230. The van der Waals surface area contributed by atoms with Crippen LogP contribution in [-0.2, 0) is 14.3 Å². The zero-order valence-corrected chi connectivity index (χ0v) is 26.6. The lowest BCUT2D eigenvalue weighted by Gasteiger charge is -2.62. The third-order valence-electron chi connectivity index (χ3n) is 11.4. The van der Waals surface area contributed by atoms with Gasteiger partial charge in [-0.3, -0.25) is 4.79 Å². The van der Waals surface area contributed by atoms with Crippen LogP contribution < -0.4 is 0 Å². The lowest BCUT2D eigenvalue weighted by Crippen LogP contribution is -2.57. The average Bonchev–Trinajstić information content (AvgIpc) is 2.81. The Bertz CT molecular complexity index is 940. The Hall–Kier alpha value is -1.47. The van der Waals surface area contributed by atoms with Gasteiger partial charge >= 0.3 is 0 Å². The lowest BCUT2D eigenvalue weighted by atomic mass is 9.41. The van der Waals surface area contributed by atoms with Gasteiger partial charge in [0, 0.05) is 19.4 Å². The standard InChI is InChI=1S/C34H57NO3/c1-12-14-30(4,5)16-18-32(8,23-38-11)19-17-31(6,7)34(10)15-13-27-25(3)29(37)26(22-35)21-33(27,9)28(34)20-24(2)36/h21,25,27-28H,12-20,23H2,1-11H3/t25-,27-,28+,32-,33-,34+/m0/s1. The first-order chi connectivity index (χ1) is 17.4. The van der Waals surface area contributed by atoms with Crippen molar-refractivity contribution < 1.29 is 14.3 Å². The minimum atomic E-state index is -0.353. The van der Waals surface area contributed by atoms with Gasteiger partial charge in [0.15, 0.2) is 5.78 Å². The number of nitriles is 1. The molecule has 0 saturated heterocycles. The number of rotatable bonds is 13. The molecule has 0 aromatic carbocycles. The minimum absolute atomic E-state index is 0.0271. The topological polar surface area (TPSA) is 67.2 Å². The van der Waals surface area contributed by atoms with Gasteiger partial charge in [-0.15, -0.1) is 0 Å². The molecule has 0 aromatic rings. The molecule has 1 fully saturated rings. The molecule has 0 amide bonds. The van der Waals surface area contributed by atoms with Gasteiger partial charge in [0.1, 0.15) is 11.9 Å². The first-order valence-corrected chi connectivity index (χ1v) is 15.1. The van der Waals surface area contributed by atoms with Crippen molar-refractivity contribution >= 4 is 11.6 Å². The van der Waals surface area contributed by atoms with Crippen LogP contribution >= 0.6 is 0 Å². The third kappa shape index (κ3) is 6.63. The normalized spacial score (nSPS) is 31.7. The second kappa shape index (κ2) is 12.0. The lowest BCUT2D eigenvalue weighted by molar-refractivity contribution is -0.145. The number of methoxy groups -OCH3 is 1. The van der Waals surface area contributed by atoms with Crippen LogP contribution in [0.3, 0.4) is 0 Å². The van der Waals surface area contributed by atoms with Gasteiger partial charge in [-0.05, 0) is 90.8 Å². The van der Waals surface area contributed by atoms with Gasteiger partial charge in [-0.25, -0.2) is 0 Å². The predicted molar refractivity (Wildman–Crippen MR) is 157 cm³/mol. The molecule has 4 nitrogen and oxygen atoms in total. The number of carbonyl (C=O) groups is 2. The second-order valence-electron chi connectivity index (χ2n) is 15.3. The number of hydrogen-bond acceptors (Lipinski definition) is 4. The van der Waals surface area contributed by atoms with Crippen LogP contribution in [0.5, 0.6) is 0 Å². The molecule has 38 heavy (non-hydrogen) atoms. The van der Waals surface area contributed by atoms with E-state index in [4.69, 9.17) is 4.74 Å². The molecule has 0 heterocycles. The Kier molecular flexibility index (Phi) is 10.3. The van der Waals surface area contributed by atoms with Crippen LogP contribution in [0.1, 0.15) is 127 Å². The highest BCUT2D eigenvalue weighted by atomic mass is 16.5. The summed E-state index contributed by atoms with van der Waals surface area (Å²) >= 11 is 0. The van der Waals surface area contributed by atoms with Gasteiger partial charge in [0.25, 0.3) is 0 Å². The van der Waals surface area contributed by atoms with Crippen molar-refractivity contribution in [2.24, 2.45) is 44.8 Å². The van der Waals surface area contributed by atoms with E-state index < -0.39 is 0 Å². The van der Waals surface area contributed by atoms with Crippen molar-refractivity contribution in [2.45, 2.75) is 127 Å². The summed E-state index contributed by atoms with van der Waals surface area (Å²) in [6.07, 6.45) is 11.3. The van der Waals surface area contributed by atoms with Crippen LogP contribution in [-0.4, -0.2) is 25.3 Å². The molecular weight excluding hydrogens is 470 g/mol. The smallest absolute Gasteiger partial charge is 0.176 e. The van der Waals surface area contributed by atoms with E-state index in [1.807, 2.05) is 20.1 Å². The van der Waals surface area contributed by atoms with Crippen molar-refractivity contribution in [2.75, 3.05) is 13.7 Å². The zero-order valence-electron chi connectivity index (χ0n) is 26.6. The van der Waals surface area contributed by atoms with Crippen molar-refractivity contribution in [3.63, 3.8) is 0 Å². The first kappa shape index (κ1) is 32.7. The molecule has 0 aromatic heterocycles. The van der Waals surface area contributed by atoms with Gasteiger partial charge < -0.3 is 9.53 Å². The number of ether oxygens (including phenoxy) is 1. The number of Topliss-reactive ketones (excluding diaryl/α,β-unsaturated/α-hetero) is 2. The van der Waals surface area contributed by atoms with Crippen LogP contribution in [0.2, 0.25) is 0 Å². The van der Waals surface area contributed by atoms with Crippen LogP contribution in [0.15, 0.2) is 11.6 Å². The molecule has 0 N–H and O–H groups in total. The summed E-state index contributed by atoms with van der Waals surface area (Å²) in [6, 6.07) is 2.19. The maximum Gasteiger partial charge on any atom is 0.176 e. The average molecular weight is 528 g/mol. The van der Waals surface area contributed by atoms with Gasteiger partial charge in [0.2, 0.25) is 0 Å². The fourth-order valence-corrected chi connectivity index (χ4v) is 8.28. The number of fused-ring (bicyclic) bond motifs is 1. The Morgan fingerprint density at radius 3 is 2.24 bits per heavy atom. The summed E-state index contributed by atoms with van der Waals surface area (Å²) in [5, 5.41) is 9.79. The predicted octanol–water partition coefficient (Wildman–Crippen LogP) is 8.74. The molecule has 2 aliphatic rings. The fourth-order valence-electron chi connectivity index (χ4n) is 8.28. The van der Waals surface area contributed by atoms with Crippen LogP contribution in [0.4, 0.5) is 0 Å². The third-order valence-corrected chi connectivity index (χ3v) is 11.4. The van der Waals surface area contributed by atoms with E-state index in [2.05, 4.69) is 61.5 Å². The fraction of sp³-hybridized carbons (Fsp3) is 0.853. The molecule has 0 spiro atoms. The maximum atomic E-state index is 12.9. The highest BCUT2D eigenvalue weighted by Crippen LogP contribution is 2.66. The molecule has 6 atom stereocenters. The number of carbonyl (C=O) groups excluding carboxylic acids is 2. The minimum Gasteiger partial charge on any atom is -0.384 e.